The Hall–Kier alpha value is -1.95. The van der Waals surface area contributed by atoms with E-state index in [2.05, 4.69) is 15.5 Å². The summed E-state index contributed by atoms with van der Waals surface area (Å²) in [6, 6.07) is 4.85. The number of halogens is 1. The second-order valence-corrected chi connectivity index (χ2v) is 4.03. The molecule has 0 aliphatic heterocycles. The van der Waals surface area contributed by atoms with Crippen molar-refractivity contribution in [2.75, 3.05) is 6.54 Å². The van der Waals surface area contributed by atoms with E-state index >= 15 is 0 Å². The number of nitrogens with one attached hydrogen (secondary N) is 1. The van der Waals surface area contributed by atoms with Crippen LogP contribution in [0.5, 0.6) is 5.75 Å². The van der Waals surface area contributed by atoms with E-state index in [0.717, 1.165) is 12.1 Å². The maximum atomic E-state index is 13.8. The van der Waals surface area contributed by atoms with Gasteiger partial charge in [0.1, 0.15) is 0 Å². The minimum absolute atomic E-state index is 0.0808. The predicted octanol–water partition coefficient (Wildman–Crippen LogP) is 2.21. The van der Waals surface area contributed by atoms with Crippen LogP contribution in [0.4, 0.5) is 4.39 Å². The van der Waals surface area contributed by atoms with Gasteiger partial charge in [0.15, 0.2) is 18.2 Å². The maximum Gasteiger partial charge on any atom is 0.223 e. The lowest BCUT2D eigenvalue weighted by Gasteiger charge is -2.11. The van der Waals surface area contributed by atoms with Gasteiger partial charge in [-0.15, -0.1) is 0 Å². The Morgan fingerprint density at radius 1 is 1.42 bits per heavy atom. The van der Waals surface area contributed by atoms with E-state index in [-0.39, 0.29) is 12.4 Å². The van der Waals surface area contributed by atoms with Crippen LogP contribution in [0.2, 0.25) is 0 Å². The Morgan fingerprint density at radius 2 is 2.26 bits per heavy atom. The highest BCUT2D eigenvalue weighted by Gasteiger charge is 2.11. The molecule has 0 bridgehead atoms. The van der Waals surface area contributed by atoms with E-state index in [1.807, 2.05) is 13.0 Å². The molecule has 2 aromatic rings. The smallest absolute Gasteiger partial charge is 0.223 e. The van der Waals surface area contributed by atoms with Crippen molar-refractivity contribution in [1.29, 1.82) is 0 Å². The summed E-state index contributed by atoms with van der Waals surface area (Å²) in [6.07, 6.45) is 0. The molecule has 1 aromatic carbocycles. The molecule has 0 spiro atoms. The minimum Gasteiger partial charge on any atom is -0.482 e. The molecular weight excluding hydrogens is 249 g/mol. The average molecular weight is 265 g/mol. The summed E-state index contributed by atoms with van der Waals surface area (Å²) in [4.78, 5) is 4.01. The molecular formula is C13H16FN3O2. The van der Waals surface area contributed by atoms with E-state index in [1.165, 1.54) is 6.07 Å². The first-order valence-electron chi connectivity index (χ1n) is 6.10. The summed E-state index contributed by atoms with van der Waals surface area (Å²) in [6.45, 7) is 5.12. The molecule has 0 aliphatic carbocycles. The molecule has 0 fully saturated rings. The number of hydrogen-bond donors (Lipinski definition) is 1. The van der Waals surface area contributed by atoms with Gasteiger partial charge in [0.25, 0.3) is 0 Å². The third-order valence-electron chi connectivity index (χ3n) is 2.53. The molecule has 1 N–H and O–H groups in total. The van der Waals surface area contributed by atoms with Gasteiger partial charge in [-0.25, -0.2) is 4.39 Å². The van der Waals surface area contributed by atoms with Gasteiger partial charge in [0.2, 0.25) is 11.7 Å². The second kappa shape index (κ2) is 6.29. The van der Waals surface area contributed by atoms with Gasteiger partial charge in [-0.05, 0) is 12.6 Å². The molecule has 1 aromatic heterocycles. The zero-order valence-corrected chi connectivity index (χ0v) is 10.9. The Bertz CT molecular complexity index is 542. The number of hydrogen-bond acceptors (Lipinski definition) is 5. The van der Waals surface area contributed by atoms with Gasteiger partial charge < -0.3 is 14.6 Å². The summed E-state index contributed by atoms with van der Waals surface area (Å²) in [5, 5.41) is 6.84. The van der Waals surface area contributed by atoms with Crippen LogP contribution in [0.15, 0.2) is 22.7 Å². The van der Waals surface area contributed by atoms with Gasteiger partial charge in [-0.2, -0.15) is 4.98 Å². The summed E-state index contributed by atoms with van der Waals surface area (Å²) >= 11 is 0. The van der Waals surface area contributed by atoms with Crippen molar-refractivity contribution in [3.63, 3.8) is 0 Å². The molecule has 0 radical (unpaired) electrons. The van der Waals surface area contributed by atoms with Crippen LogP contribution in [0.3, 0.4) is 0 Å². The first-order chi connectivity index (χ1) is 9.20. The normalized spacial score (nSPS) is 10.7. The highest BCUT2D eigenvalue weighted by atomic mass is 19.1. The zero-order valence-electron chi connectivity index (χ0n) is 10.9. The van der Waals surface area contributed by atoms with E-state index in [4.69, 9.17) is 9.26 Å². The zero-order chi connectivity index (χ0) is 13.7. The molecule has 1 heterocycles. The summed E-state index contributed by atoms with van der Waals surface area (Å²) in [5.74, 6) is 0.691. The number of ether oxygens (including phenoxy) is 1. The second-order valence-electron chi connectivity index (χ2n) is 4.03. The number of benzene rings is 1. The molecule has 19 heavy (non-hydrogen) atoms. The minimum atomic E-state index is -0.393. The molecule has 0 aliphatic rings. The van der Waals surface area contributed by atoms with Gasteiger partial charge >= 0.3 is 0 Å². The molecule has 102 valence electrons. The van der Waals surface area contributed by atoms with Crippen LogP contribution in [0.25, 0.3) is 0 Å². The van der Waals surface area contributed by atoms with E-state index in [0.29, 0.717) is 18.3 Å². The van der Waals surface area contributed by atoms with Crippen molar-refractivity contribution >= 4 is 0 Å². The summed E-state index contributed by atoms with van der Waals surface area (Å²) < 4.78 is 24.1. The Morgan fingerprint density at radius 3 is 2.95 bits per heavy atom. The van der Waals surface area contributed by atoms with Crippen molar-refractivity contribution in [3.05, 3.63) is 41.3 Å². The lowest BCUT2D eigenvalue weighted by molar-refractivity contribution is 0.269. The number of aromatic nitrogens is 2. The van der Waals surface area contributed by atoms with Crippen molar-refractivity contribution < 1.29 is 13.7 Å². The lowest BCUT2D eigenvalue weighted by atomic mass is 10.2. The fourth-order valence-corrected chi connectivity index (χ4v) is 1.65. The van der Waals surface area contributed by atoms with Crippen molar-refractivity contribution in [1.82, 2.24) is 15.5 Å². The van der Waals surface area contributed by atoms with E-state index in [9.17, 15) is 4.39 Å². The van der Waals surface area contributed by atoms with Crippen LogP contribution in [-0.4, -0.2) is 16.7 Å². The lowest BCUT2D eigenvalue weighted by Crippen LogP contribution is -2.13. The first-order valence-corrected chi connectivity index (χ1v) is 6.10. The summed E-state index contributed by atoms with van der Waals surface area (Å²) in [5.41, 5.74) is 0.766. The van der Waals surface area contributed by atoms with Gasteiger partial charge in [-0.1, -0.05) is 24.2 Å². The van der Waals surface area contributed by atoms with Crippen LogP contribution in [0.1, 0.15) is 24.2 Å². The van der Waals surface area contributed by atoms with Crippen LogP contribution >= 0.6 is 0 Å². The molecule has 0 unspecified atom stereocenters. The SMILES string of the molecule is CCNCc1cccc(F)c1OCc1noc(C)n1. The van der Waals surface area contributed by atoms with Crippen LogP contribution in [0, 0.1) is 12.7 Å². The first kappa shape index (κ1) is 13.5. The third kappa shape index (κ3) is 3.51. The molecule has 6 heteroatoms. The van der Waals surface area contributed by atoms with Crippen molar-refractivity contribution in [2.45, 2.75) is 27.0 Å². The molecule has 5 nitrogen and oxygen atoms in total. The molecule has 0 saturated heterocycles. The quantitative estimate of drug-likeness (QED) is 0.867. The fourth-order valence-electron chi connectivity index (χ4n) is 1.65. The van der Waals surface area contributed by atoms with Gasteiger partial charge in [-0.3, -0.25) is 0 Å². The molecule has 0 atom stereocenters. The molecule has 0 saturated carbocycles. The standard InChI is InChI=1S/C13H16FN3O2/c1-3-15-7-10-5-4-6-11(14)13(10)18-8-12-16-9(2)19-17-12/h4-6,15H,3,7-8H2,1-2H3. The van der Waals surface area contributed by atoms with Crippen LogP contribution in [-0.2, 0) is 13.2 Å². The van der Waals surface area contributed by atoms with Crippen molar-refractivity contribution in [2.24, 2.45) is 0 Å². The Kier molecular flexibility index (Phi) is 4.46. The third-order valence-corrected chi connectivity index (χ3v) is 2.53. The fraction of sp³-hybridized carbons (Fsp3) is 0.385. The van der Waals surface area contributed by atoms with Crippen molar-refractivity contribution in [3.8, 4) is 5.75 Å². The predicted molar refractivity (Wildman–Crippen MR) is 67.1 cm³/mol. The van der Waals surface area contributed by atoms with Gasteiger partial charge in [0, 0.05) is 19.0 Å². The topological polar surface area (TPSA) is 60.2 Å². The Balaban J connectivity index is 2.09. The van der Waals surface area contributed by atoms with Gasteiger partial charge in [0.05, 0.1) is 0 Å². The van der Waals surface area contributed by atoms with E-state index in [1.54, 1.807) is 13.0 Å². The van der Waals surface area contributed by atoms with E-state index < -0.39 is 5.82 Å². The largest absolute Gasteiger partial charge is 0.482 e. The number of para-hydroxylation sites is 1. The molecule has 2 rings (SSSR count). The maximum absolute atomic E-state index is 13.8. The van der Waals surface area contributed by atoms with Crippen LogP contribution < -0.4 is 10.1 Å². The highest BCUT2D eigenvalue weighted by Crippen LogP contribution is 2.23. The Labute approximate surface area is 110 Å². The monoisotopic (exact) mass is 265 g/mol. The number of nitrogens with zero attached hydrogens (tertiary/aromatic N) is 2. The number of aryl methyl sites for hydroxylation is 1. The average Bonchev–Trinajstić information content (AvgIpc) is 2.81. The summed E-state index contributed by atoms with van der Waals surface area (Å²) in [7, 11) is 0. The number of rotatable bonds is 6. The molecule has 0 amide bonds. The highest BCUT2D eigenvalue weighted by molar-refractivity contribution is 5.34.